The van der Waals surface area contributed by atoms with Crippen molar-refractivity contribution < 1.29 is 17.9 Å². The van der Waals surface area contributed by atoms with Crippen molar-refractivity contribution in [1.82, 2.24) is 19.0 Å². The Bertz CT molecular complexity index is 1640. The van der Waals surface area contributed by atoms with E-state index in [9.17, 15) is 13.2 Å². The molecule has 0 aliphatic carbocycles. The predicted molar refractivity (Wildman–Crippen MR) is 166 cm³/mol. The van der Waals surface area contributed by atoms with Gasteiger partial charge in [-0.05, 0) is 74.7 Å². The van der Waals surface area contributed by atoms with Crippen molar-refractivity contribution in [2.75, 3.05) is 26.2 Å². The smallest absolute Gasteiger partial charge is 0.286 e. The number of amidine groups is 1. The van der Waals surface area contributed by atoms with Gasteiger partial charge in [0.15, 0.2) is 5.17 Å². The summed E-state index contributed by atoms with van der Waals surface area (Å²) in [6.45, 7) is 8.38. The number of carbonyl (C=O) groups is 1. The van der Waals surface area contributed by atoms with Crippen molar-refractivity contribution >= 4 is 38.9 Å². The fourth-order valence-electron chi connectivity index (χ4n) is 5.75. The normalized spacial score (nSPS) is 24.8. The Labute approximate surface area is 251 Å². The maximum Gasteiger partial charge on any atom is 0.286 e. The number of aromatic nitrogens is 2. The number of thioether (sulfide) groups is 1. The highest BCUT2D eigenvalue weighted by Gasteiger charge is 2.33. The molecular weight excluding hydrogens is 571 g/mol. The number of rotatable bonds is 5. The van der Waals surface area contributed by atoms with Crippen molar-refractivity contribution in [2.24, 2.45) is 10.9 Å². The summed E-state index contributed by atoms with van der Waals surface area (Å²) in [6.07, 6.45) is 5.60. The second kappa shape index (κ2) is 11.8. The Morgan fingerprint density at radius 1 is 1.00 bits per heavy atom. The number of aliphatic imine (C=N–C) groups is 1. The van der Waals surface area contributed by atoms with Crippen LogP contribution >= 0.6 is 11.8 Å². The Morgan fingerprint density at radius 2 is 1.76 bits per heavy atom. The molecule has 0 radical (unpaired) electrons. The molecule has 9 nitrogen and oxygen atoms in total. The number of carbonyl (C=O) groups excluding carboxylic acids is 1. The zero-order chi connectivity index (χ0) is 29.4. The lowest BCUT2D eigenvalue weighted by molar-refractivity contribution is -0.113. The lowest BCUT2D eigenvalue weighted by Gasteiger charge is -2.34. The number of hydrogen-bond acceptors (Lipinski definition) is 7. The molecule has 2 aromatic carbocycles. The number of likely N-dealkylation sites (tertiary alicyclic amines) is 1. The van der Waals surface area contributed by atoms with Crippen LogP contribution in [0.15, 0.2) is 75.6 Å². The van der Waals surface area contributed by atoms with E-state index in [2.05, 4.69) is 16.8 Å². The summed E-state index contributed by atoms with van der Waals surface area (Å²) in [4.78, 5) is 20.3. The molecule has 42 heavy (non-hydrogen) atoms. The summed E-state index contributed by atoms with van der Waals surface area (Å²) in [5, 5.41) is 5.62. The maximum atomic E-state index is 13.7. The number of nitrogens with zero attached hydrogens (tertiary/aromatic N) is 5. The molecule has 2 fully saturated rings. The molecule has 3 aromatic rings. The highest BCUT2D eigenvalue weighted by atomic mass is 32.2. The first-order valence-electron chi connectivity index (χ1n) is 14.4. The summed E-state index contributed by atoms with van der Waals surface area (Å²) in [7, 11) is -3.75. The van der Waals surface area contributed by atoms with Gasteiger partial charge >= 0.3 is 0 Å². The van der Waals surface area contributed by atoms with Crippen molar-refractivity contribution in [3.05, 3.63) is 71.3 Å². The van der Waals surface area contributed by atoms with Gasteiger partial charge in [0.2, 0.25) is 10.0 Å². The molecule has 0 saturated carbocycles. The van der Waals surface area contributed by atoms with Crippen molar-refractivity contribution in [1.29, 1.82) is 0 Å². The van der Waals surface area contributed by atoms with Gasteiger partial charge in [0.05, 0.1) is 27.7 Å². The molecule has 3 aliphatic rings. The molecular formula is C31H35N5O4S2. The van der Waals surface area contributed by atoms with Crippen LogP contribution in [0, 0.1) is 5.92 Å². The third-order valence-corrected chi connectivity index (χ3v) is 10.6. The molecule has 1 amide bonds. The molecule has 3 atom stereocenters. The van der Waals surface area contributed by atoms with Crippen LogP contribution in [-0.2, 0) is 19.6 Å². The molecule has 3 unspecified atom stereocenters. The molecule has 0 spiro atoms. The molecule has 6 rings (SSSR count). The molecule has 11 heteroatoms. The average Bonchev–Trinajstić information content (AvgIpc) is 3.57. The van der Waals surface area contributed by atoms with Gasteiger partial charge in [0.1, 0.15) is 5.69 Å². The zero-order valence-electron chi connectivity index (χ0n) is 24.0. The lowest BCUT2D eigenvalue weighted by atomic mass is 10.0. The van der Waals surface area contributed by atoms with E-state index < -0.39 is 10.0 Å². The second-order valence-electron chi connectivity index (χ2n) is 11.3. The van der Waals surface area contributed by atoms with Gasteiger partial charge in [-0.3, -0.25) is 4.79 Å². The van der Waals surface area contributed by atoms with E-state index in [0.717, 1.165) is 30.4 Å². The number of hydrogen-bond donors (Lipinski definition) is 0. The Balaban J connectivity index is 1.36. The first-order valence-corrected chi connectivity index (χ1v) is 16.6. The number of ether oxygens (including phenoxy) is 1. The van der Waals surface area contributed by atoms with E-state index in [-0.39, 0.29) is 23.0 Å². The molecule has 1 aromatic heterocycles. The molecule has 0 N–H and O–H groups in total. The highest BCUT2D eigenvalue weighted by Crippen LogP contribution is 2.35. The minimum absolute atomic E-state index is 0.187. The van der Waals surface area contributed by atoms with Crippen LogP contribution in [0.3, 0.4) is 0 Å². The first-order chi connectivity index (χ1) is 20.2. The van der Waals surface area contributed by atoms with Crippen LogP contribution in [0.1, 0.15) is 39.2 Å². The minimum atomic E-state index is -3.75. The van der Waals surface area contributed by atoms with Gasteiger partial charge in [0.25, 0.3) is 5.91 Å². The maximum absolute atomic E-state index is 13.7. The molecule has 4 heterocycles. The fourth-order valence-corrected chi connectivity index (χ4v) is 8.32. The van der Waals surface area contributed by atoms with E-state index in [1.807, 2.05) is 62.5 Å². The summed E-state index contributed by atoms with van der Waals surface area (Å²) in [5.41, 5.74) is 2.79. The number of morpholine rings is 1. The lowest BCUT2D eigenvalue weighted by Crippen LogP contribution is -2.48. The van der Waals surface area contributed by atoms with Crippen LogP contribution < -0.4 is 0 Å². The topological polar surface area (TPSA) is 97.1 Å². The number of piperidine rings is 1. The van der Waals surface area contributed by atoms with Gasteiger partial charge in [0, 0.05) is 43.5 Å². The van der Waals surface area contributed by atoms with Gasteiger partial charge in [-0.1, -0.05) is 37.3 Å². The highest BCUT2D eigenvalue weighted by molar-refractivity contribution is 8.18. The van der Waals surface area contributed by atoms with Gasteiger partial charge < -0.3 is 9.64 Å². The van der Waals surface area contributed by atoms with Gasteiger partial charge in [-0.25, -0.2) is 13.1 Å². The zero-order valence-corrected chi connectivity index (χ0v) is 25.6. The molecule has 2 saturated heterocycles. The van der Waals surface area contributed by atoms with Crippen molar-refractivity contribution in [3.8, 4) is 16.9 Å². The summed E-state index contributed by atoms with van der Waals surface area (Å²) < 4.78 is 36.3. The average molecular weight is 606 g/mol. The summed E-state index contributed by atoms with van der Waals surface area (Å²) in [6, 6.07) is 16.6. The van der Waals surface area contributed by atoms with E-state index >= 15 is 0 Å². The Morgan fingerprint density at radius 3 is 2.50 bits per heavy atom. The van der Waals surface area contributed by atoms with Crippen LogP contribution in [0.4, 0.5) is 0 Å². The summed E-state index contributed by atoms with van der Waals surface area (Å²) >= 11 is 1.39. The predicted octanol–water partition coefficient (Wildman–Crippen LogP) is 5.04. The minimum Gasteiger partial charge on any atom is -0.373 e. The summed E-state index contributed by atoms with van der Waals surface area (Å²) in [5.74, 6) is 0.298. The Kier molecular flexibility index (Phi) is 8.10. The molecule has 3 aliphatic heterocycles. The number of benzene rings is 2. The third kappa shape index (κ3) is 5.96. The standard InChI is InChI=1S/C31H35N5O4S2/c1-21-9-8-14-34(17-21)31-32-30(37)28(41-31)16-25-20-36(26-11-5-4-6-12-26)33-29(25)24-10-7-13-27(15-24)42(38,39)35-18-22(2)40-23(3)19-35/h4-7,10-13,15-16,20-23H,8-9,14,17-19H2,1-3H3/b28-16-. The second-order valence-corrected chi connectivity index (χ2v) is 14.3. The van der Waals surface area contributed by atoms with Crippen molar-refractivity contribution in [2.45, 2.75) is 50.7 Å². The SMILES string of the molecule is CC1CCCN(C2=NC(=O)/C(=C/c3cn(-c4ccccc4)nc3-c3cccc(S(=O)(=O)N4CC(C)OC(C)C4)c3)S2)C1. The van der Waals surface area contributed by atoms with Crippen LogP contribution in [0.5, 0.6) is 0 Å². The van der Waals surface area contributed by atoms with E-state index in [1.54, 1.807) is 22.9 Å². The first kappa shape index (κ1) is 28.9. The Hall–Kier alpha value is -3.25. The third-order valence-electron chi connectivity index (χ3n) is 7.72. The van der Waals surface area contributed by atoms with E-state index in [1.165, 1.54) is 22.5 Å². The van der Waals surface area contributed by atoms with Gasteiger partial charge in [-0.2, -0.15) is 14.4 Å². The number of sulfonamides is 1. The largest absolute Gasteiger partial charge is 0.373 e. The van der Waals surface area contributed by atoms with Crippen LogP contribution in [0.2, 0.25) is 0 Å². The quantitative estimate of drug-likeness (QED) is 0.376. The number of amides is 1. The number of para-hydroxylation sites is 1. The molecule has 220 valence electrons. The van der Waals surface area contributed by atoms with Crippen LogP contribution in [0.25, 0.3) is 23.0 Å². The molecule has 0 bridgehead atoms. The van der Waals surface area contributed by atoms with E-state index in [4.69, 9.17) is 9.84 Å². The van der Waals surface area contributed by atoms with E-state index in [0.29, 0.717) is 40.7 Å². The van der Waals surface area contributed by atoms with Gasteiger partial charge in [-0.15, -0.1) is 0 Å². The fraction of sp³-hybridized carbons (Fsp3) is 0.387. The van der Waals surface area contributed by atoms with Crippen LogP contribution in [-0.4, -0.2) is 76.9 Å². The monoisotopic (exact) mass is 605 g/mol. The van der Waals surface area contributed by atoms with Crippen molar-refractivity contribution in [3.63, 3.8) is 0 Å².